The van der Waals surface area contributed by atoms with Crippen molar-refractivity contribution >= 4 is 17.3 Å². The van der Waals surface area contributed by atoms with E-state index < -0.39 is 11.6 Å². The highest BCUT2D eigenvalue weighted by Gasteiger charge is 2.27. The molecule has 0 aromatic heterocycles. The molecule has 2 rings (SSSR count). The summed E-state index contributed by atoms with van der Waals surface area (Å²) in [5.41, 5.74) is 0.424. The Kier molecular flexibility index (Phi) is 2.53. The Morgan fingerprint density at radius 3 is 2.81 bits per heavy atom. The normalized spacial score (nSPS) is 20.1. The Morgan fingerprint density at radius 2 is 2.12 bits per heavy atom. The number of nitrogens with zero attached hydrogens (tertiary/aromatic N) is 1. The summed E-state index contributed by atoms with van der Waals surface area (Å²) >= 11 is 0. The van der Waals surface area contributed by atoms with Crippen molar-refractivity contribution in [3.8, 4) is 0 Å². The summed E-state index contributed by atoms with van der Waals surface area (Å²) < 4.78 is 26.6. The van der Waals surface area contributed by atoms with E-state index in [4.69, 9.17) is 0 Å². The summed E-state index contributed by atoms with van der Waals surface area (Å²) in [6.45, 7) is 2.12. The second kappa shape index (κ2) is 3.73. The first-order chi connectivity index (χ1) is 7.50. The fourth-order valence-electron chi connectivity index (χ4n) is 1.83. The van der Waals surface area contributed by atoms with Crippen molar-refractivity contribution in [1.29, 1.82) is 0 Å². The van der Waals surface area contributed by atoms with Crippen LogP contribution in [0.15, 0.2) is 12.1 Å². The van der Waals surface area contributed by atoms with Gasteiger partial charge >= 0.3 is 0 Å². The molecule has 1 aromatic carbocycles. The van der Waals surface area contributed by atoms with Gasteiger partial charge in [0.25, 0.3) is 0 Å². The first kappa shape index (κ1) is 10.9. The quantitative estimate of drug-likeness (QED) is 0.733. The highest BCUT2D eigenvalue weighted by atomic mass is 19.1. The second-order valence-electron chi connectivity index (χ2n) is 3.96. The standard InChI is InChI=1S/C11H12F2N2O/c1-6-5-14-9-4-7(12)3-8(13)10(9)15(2)11(6)16/h3-4,6,14H,5H2,1-2H3. The van der Waals surface area contributed by atoms with Crippen LogP contribution in [0.1, 0.15) is 6.92 Å². The van der Waals surface area contributed by atoms with Crippen LogP contribution in [0.3, 0.4) is 0 Å². The van der Waals surface area contributed by atoms with E-state index >= 15 is 0 Å². The lowest BCUT2D eigenvalue weighted by molar-refractivity contribution is -0.121. The SMILES string of the molecule is CC1CNc2cc(F)cc(F)c2N(C)C1=O. The number of amides is 1. The van der Waals surface area contributed by atoms with E-state index in [1.165, 1.54) is 18.0 Å². The molecule has 0 fully saturated rings. The molecule has 16 heavy (non-hydrogen) atoms. The number of fused-ring (bicyclic) bond motifs is 1. The van der Waals surface area contributed by atoms with E-state index in [1.807, 2.05) is 0 Å². The van der Waals surface area contributed by atoms with Crippen molar-refractivity contribution in [2.24, 2.45) is 5.92 Å². The molecular weight excluding hydrogens is 214 g/mol. The molecule has 1 N–H and O–H groups in total. The number of benzene rings is 1. The van der Waals surface area contributed by atoms with Crippen LogP contribution in [0.2, 0.25) is 0 Å². The third-order valence-electron chi connectivity index (χ3n) is 2.71. The van der Waals surface area contributed by atoms with E-state index in [1.54, 1.807) is 6.92 Å². The van der Waals surface area contributed by atoms with Gasteiger partial charge in [-0.1, -0.05) is 6.92 Å². The predicted molar refractivity (Wildman–Crippen MR) is 57.4 cm³/mol. The Bertz CT molecular complexity index is 448. The fourth-order valence-corrected chi connectivity index (χ4v) is 1.83. The Morgan fingerprint density at radius 1 is 1.44 bits per heavy atom. The maximum atomic E-state index is 13.6. The van der Waals surface area contributed by atoms with Crippen LogP contribution in [-0.2, 0) is 4.79 Å². The summed E-state index contributed by atoms with van der Waals surface area (Å²) in [6, 6.07) is 1.97. The summed E-state index contributed by atoms with van der Waals surface area (Å²) in [5.74, 6) is -1.83. The van der Waals surface area contributed by atoms with Gasteiger partial charge in [0, 0.05) is 19.7 Å². The van der Waals surface area contributed by atoms with Crippen LogP contribution in [0.25, 0.3) is 0 Å². The van der Waals surface area contributed by atoms with Crippen molar-refractivity contribution < 1.29 is 13.6 Å². The van der Waals surface area contributed by atoms with Crippen LogP contribution in [0.5, 0.6) is 0 Å². The number of halogens is 2. The minimum atomic E-state index is -0.729. The molecule has 1 amide bonds. The van der Waals surface area contributed by atoms with Gasteiger partial charge in [-0.15, -0.1) is 0 Å². The van der Waals surface area contributed by atoms with Crippen LogP contribution in [-0.4, -0.2) is 19.5 Å². The van der Waals surface area contributed by atoms with E-state index in [2.05, 4.69) is 5.32 Å². The van der Waals surface area contributed by atoms with Gasteiger partial charge in [-0.05, 0) is 6.07 Å². The summed E-state index contributed by atoms with van der Waals surface area (Å²) in [6.07, 6.45) is 0. The van der Waals surface area contributed by atoms with Crippen molar-refractivity contribution in [2.45, 2.75) is 6.92 Å². The minimum Gasteiger partial charge on any atom is -0.382 e. The third kappa shape index (κ3) is 1.62. The van der Waals surface area contributed by atoms with E-state index in [0.717, 1.165) is 6.07 Å². The van der Waals surface area contributed by atoms with E-state index in [-0.39, 0.29) is 17.5 Å². The summed E-state index contributed by atoms with van der Waals surface area (Å²) in [4.78, 5) is 13.0. The number of carbonyl (C=O) groups excluding carboxylic acids is 1. The lowest BCUT2D eigenvalue weighted by Crippen LogP contribution is -2.32. The number of hydrogen-bond donors (Lipinski definition) is 1. The zero-order valence-electron chi connectivity index (χ0n) is 9.05. The highest BCUT2D eigenvalue weighted by molar-refractivity contribution is 5.99. The van der Waals surface area contributed by atoms with Crippen molar-refractivity contribution in [3.05, 3.63) is 23.8 Å². The van der Waals surface area contributed by atoms with Crippen molar-refractivity contribution in [2.75, 3.05) is 23.8 Å². The number of rotatable bonds is 0. The molecule has 1 unspecified atom stereocenters. The minimum absolute atomic E-state index is 0.107. The van der Waals surface area contributed by atoms with E-state index in [0.29, 0.717) is 12.2 Å². The maximum Gasteiger partial charge on any atom is 0.231 e. The van der Waals surface area contributed by atoms with Crippen LogP contribution in [0, 0.1) is 17.6 Å². The van der Waals surface area contributed by atoms with Crippen LogP contribution in [0.4, 0.5) is 20.2 Å². The van der Waals surface area contributed by atoms with Gasteiger partial charge in [0.2, 0.25) is 5.91 Å². The molecule has 1 aromatic rings. The monoisotopic (exact) mass is 226 g/mol. The molecule has 1 aliphatic rings. The summed E-state index contributed by atoms with van der Waals surface area (Å²) in [7, 11) is 1.49. The predicted octanol–water partition coefficient (Wildman–Crippen LogP) is 1.99. The molecule has 0 saturated carbocycles. The molecule has 5 heteroatoms. The number of carbonyl (C=O) groups is 1. The Hall–Kier alpha value is -1.65. The Labute approximate surface area is 92.1 Å². The average Bonchev–Trinajstić information content (AvgIpc) is 2.31. The zero-order chi connectivity index (χ0) is 11.9. The fraction of sp³-hybridized carbons (Fsp3) is 0.364. The number of anilines is 2. The molecule has 3 nitrogen and oxygen atoms in total. The topological polar surface area (TPSA) is 32.3 Å². The first-order valence-corrected chi connectivity index (χ1v) is 5.01. The van der Waals surface area contributed by atoms with Crippen molar-refractivity contribution in [3.63, 3.8) is 0 Å². The van der Waals surface area contributed by atoms with Gasteiger partial charge in [0.1, 0.15) is 11.5 Å². The Balaban J connectivity index is 2.57. The van der Waals surface area contributed by atoms with Gasteiger partial charge in [0.15, 0.2) is 5.82 Å². The largest absolute Gasteiger partial charge is 0.382 e. The van der Waals surface area contributed by atoms with Crippen LogP contribution >= 0.6 is 0 Å². The smallest absolute Gasteiger partial charge is 0.231 e. The zero-order valence-corrected chi connectivity index (χ0v) is 9.05. The number of hydrogen-bond acceptors (Lipinski definition) is 2. The van der Waals surface area contributed by atoms with Crippen molar-refractivity contribution in [1.82, 2.24) is 0 Å². The molecule has 0 spiro atoms. The third-order valence-corrected chi connectivity index (χ3v) is 2.71. The molecule has 0 saturated heterocycles. The molecule has 0 aliphatic carbocycles. The molecule has 1 aliphatic heterocycles. The molecular formula is C11H12F2N2O. The first-order valence-electron chi connectivity index (χ1n) is 5.01. The number of nitrogens with one attached hydrogen (secondary N) is 1. The molecule has 86 valence electrons. The maximum absolute atomic E-state index is 13.6. The van der Waals surface area contributed by atoms with Gasteiger partial charge in [-0.2, -0.15) is 0 Å². The molecule has 0 bridgehead atoms. The second-order valence-corrected chi connectivity index (χ2v) is 3.96. The van der Waals surface area contributed by atoms with Gasteiger partial charge in [-0.25, -0.2) is 8.78 Å². The molecule has 1 heterocycles. The van der Waals surface area contributed by atoms with Gasteiger partial charge < -0.3 is 10.2 Å². The summed E-state index contributed by atoms with van der Waals surface area (Å²) in [5, 5.41) is 2.87. The highest BCUT2D eigenvalue weighted by Crippen LogP contribution is 2.32. The lowest BCUT2D eigenvalue weighted by Gasteiger charge is -2.19. The van der Waals surface area contributed by atoms with E-state index in [9.17, 15) is 13.6 Å². The van der Waals surface area contributed by atoms with Gasteiger partial charge in [-0.3, -0.25) is 4.79 Å². The lowest BCUT2D eigenvalue weighted by atomic mass is 10.1. The van der Waals surface area contributed by atoms with Crippen LogP contribution < -0.4 is 10.2 Å². The molecule has 1 atom stereocenters. The van der Waals surface area contributed by atoms with Gasteiger partial charge in [0.05, 0.1) is 11.6 Å². The molecule has 0 radical (unpaired) electrons. The average molecular weight is 226 g/mol.